The predicted octanol–water partition coefficient (Wildman–Crippen LogP) is -0.308. The molecule has 3 N–H and O–H groups in total. The molecule has 1 aliphatic rings. The molecule has 9 nitrogen and oxygen atoms in total. The summed E-state index contributed by atoms with van der Waals surface area (Å²) in [5.74, 6) is -0.304. The number of methoxy groups -OCH3 is 1. The number of benzene rings is 1. The molecule has 1 aliphatic heterocycles. The number of nitrogens with two attached hydrogens (primary N) is 1. The molecular formula is C15H16N4O5. The quantitative estimate of drug-likeness (QED) is 0.703. The summed E-state index contributed by atoms with van der Waals surface area (Å²) in [5, 5.41) is 15.0. The zero-order valence-electron chi connectivity index (χ0n) is 12.9. The Morgan fingerprint density at radius 3 is 2.92 bits per heavy atom. The normalized spacial score (nSPS) is 15.7. The Balaban J connectivity index is 1.78. The first kappa shape index (κ1) is 17.1. The van der Waals surface area contributed by atoms with Crippen LogP contribution in [0.5, 0.6) is 11.5 Å². The van der Waals surface area contributed by atoms with Gasteiger partial charge in [0.05, 0.1) is 25.3 Å². The van der Waals surface area contributed by atoms with E-state index in [1.165, 1.54) is 13.2 Å². The van der Waals surface area contributed by atoms with Gasteiger partial charge < -0.3 is 25.4 Å². The first-order chi connectivity index (χ1) is 11.5. The zero-order chi connectivity index (χ0) is 17.5. The molecule has 1 aromatic carbocycles. The van der Waals surface area contributed by atoms with E-state index in [0.717, 1.165) is 0 Å². The highest BCUT2D eigenvalue weighted by Gasteiger charge is 2.24. The number of oxime groups is 1. The number of primary amides is 1. The van der Waals surface area contributed by atoms with E-state index in [1.54, 1.807) is 12.1 Å². The zero-order valence-corrected chi connectivity index (χ0v) is 12.9. The Labute approximate surface area is 138 Å². The van der Waals surface area contributed by atoms with E-state index in [-0.39, 0.29) is 31.2 Å². The smallest absolute Gasteiger partial charge is 0.266 e. The van der Waals surface area contributed by atoms with Gasteiger partial charge in [-0.3, -0.25) is 9.59 Å². The Bertz CT molecular complexity index is 710. The van der Waals surface area contributed by atoms with Crippen molar-refractivity contribution in [3.63, 3.8) is 0 Å². The molecule has 1 heterocycles. The Kier molecular flexibility index (Phi) is 5.57. The standard InChI is InChI=1S/C15H16N4O5/c1-22-13-4-9(6-16)2-3-12(13)23-8-14(20)18-7-10-5-11(15(17)21)19-24-10/h2-4,10H,5,7-8H2,1H3,(H2,17,21)(H,18,20). The van der Waals surface area contributed by atoms with Gasteiger partial charge in [0.2, 0.25) is 0 Å². The van der Waals surface area contributed by atoms with Crippen LogP contribution in [-0.4, -0.2) is 43.9 Å². The van der Waals surface area contributed by atoms with Crippen LogP contribution in [0, 0.1) is 11.3 Å². The largest absolute Gasteiger partial charge is 0.493 e. The van der Waals surface area contributed by atoms with E-state index in [4.69, 9.17) is 25.3 Å². The number of carbonyl (C=O) groups is 2. The van der Waals surface area contributed by atoms with Crippen LogP contribution in [0.1, 0.15) is 12.0 Å². The molecular weight excluding hydrogens is 316 g/mol. The van der Waals surface area contributed by atoms with Gasteiger partial charge in [-0.25, -0.2) is 0 Å². The average molecular weight is 332 g/mol. The van der Waals surface area contributed by atoms with Crippen molar-refractivity contribution in [1.82, 2.24) is 5.32 Å². The van der Waals surface area contributed by atoms with Crippen LogP contribution in [-0.2, 0) is 14.4 Å². The first-order valence-electron chi connectivity index (χ1n) is 7.03. The predicted molar refractivity (Wildman–Crippen MR) is 82.3 cm³/mol. The second kappa shape index (κ2) is 7.82. The monoisotopic (exact) mass is 332 g/mol. The summed E-state index contributed by atoms with van der Waals surface area (Å²) in [7, 11) is 1.44. The van der Waals surface area contributed by atoms with Gasteiger partial charge in [0.15, 0.2) is 24.2 Å². The Hall–Kier alpha value is -3.28. The maximum atomic E-state index is 11.8. The molecule has 0 saturated carbocycles. The fraction of sp³-hybridized carbons (Fsp3) is 0.333. The van der Waals surface area contributed by atoms with Gasteiger partial charge in [0.25, 0.3) is 11.8 Å². The highest BCUT2D eigenvalue weighted by atomic mass is 16.6. The number of nitrogens with one attached hydrogen (secondary N) is 1. The van der Waals surface area contributed by atoms with E-state index in [2.05, 4.69) is 10.5 Å². The molecule has 9 heteroatoms. The maximum Gasteiger partial charge on any atom is 0.266 e. The molecule has 1 aromatic rings. The molecule has 0 aliphatic carbocycles. The lowest BCUT2D eigenvalue weighted by Gasteiger charge is -2.12. The van der Waals surface area contributed by atoms with Crippen molar-refractivity contribution >= 4 is 17.5 Å². The van der Waals surface area contributed by atoms with Gasteiger partial charge in [0.1, 0.15) is 5.71 Å². The van der Waals surface area contributed by atoms with Crippen LogP contribution in [0.25, 0.3) is 0 Å². The van der Waals surface area contributed by atoms with Crippen molar-refractivity contribution in [2.75, 3.05) is 20.3 Å². The third-order valence-corrected chi connectivity index (χ3v) is 3.20. The Morgan fingerprint density at radius 1 is 1.50 bits per heavy atom. The summed E-state index contributed by atoms with van der Waals surface area (Å²) in [5.41, 5.74) is 5.66. The lowest BCUT2D eigenvalue weighted by molar-refractivity contribution is -0.123. The fourth-order valence-electron chi connectivity index (χ4n) is 1.96. The number of hydrogen-bond donors (Lipinski definition) is 2. The number of carbonyl (C=O) groups excluding carboxylic acids is 2. The van der Waals surface area contributed by atoms with Crippen molar-refractivity contribution in [1.29, 1.82) is 5.26 Å². The Morgan fingerprint density at radius 2 is 2.29 bits per heavy atom. The average Bonchev–Trinajstić information content (AvgIpc) is 3.07. The van der Waals surface area contributed by atoms with Crippen molar-refractivity contribution < 1.29 is 23.9 Å². The third kappa shape index (κ3) is 4.36. The van der Waals surface area contributed by atoms with Crippen LogP contribution in [0.3, 0.4) is 0 Å². The number of amides is 2. The minimum Gasteiger partial charge on any atom is -0.493 e. The van der Waals surface area contributed by atoms with E-state index in [0.29, 0.717) is 17.1 Å². The van der Waals surface area contributed by atoms with Crippen LogP contribution >= 0.6 is 0 Å². The van der Waals surface area contributed by atoms with Gasteiger partial charge in [-0.15, -0.1) is 0 Å². The lowest BCUT2D eigenvalue weighted by atomic mass is 10.2. The summed E-state index contributed by atoms with van der Waals surface area (Å²) in [6.07, 6.45) is -0.180. The highest BCUT2D eigenvalue weighted by molar-refractivity contribution is 6.38. The molecule has 0 saturated heterocycles. The molecule has 2 rings (SSSR count). The van der Waals surface area contributed by atoms with Crippen LogP contribution in [0.2, 0.25) is 0 Å². The second-order valence-electron chi connectivity index (χ2n) is 4.90. The number of nitrogens with zero attached hydrogens (tertiary/aromatic N) is 2. The van der Waals surface area contributed by atoms with Crippen molar-refractivity contribution in [3.8, 4) is 17.6 Å². The van der Waals surface area contributed by atoms with Gasteiger partial charge in [-0.2, -0.15) is 5.26 Å². The van der Waals surface area contributed by atoms with Crippen LogP contribution < -0.4 is 20.5 Å². The van der Waals surface area contributed by atoms with Gasteiger partial charge in [-0.05, 0) is 12.1 Å². The van der Waals surface area contributed by atoms with Gasteiger partial charge >= 0.3 is 0 Å². The van der Waals surface area contributed by atoms with E-state index >= 15 is 0 Å². The van der Waals surface area contributed by atoms with Crippen molar-refractivity contribution in [2.45, 2.75) is 12.5 Å². The number of ether oxygens (including phenoxy) is 2. The van der Waals surface area contributed by atoms with Crippen LogP contribution in [0.15, 0.2) is 23.4 Å². The second-order valence-corrected chi connectivity index (χ2v) is 4.90. The molecule has 0 spiro atoms. The third-order valence-electron chi connectivity index (χ3n) is 3.20. The molecule has 1 unspecified atom stereocenters. The molecule has 1 atom stereocenters. The fourth-order valence-corrected chi connectivity index (χ4v) is 1.96. The molecule has 126 valence electrons. The summed E-state index contributed by atoms with van der Waals surface area (Å²) >= 11 is 0. The SMILES string of the molecule is COc1cc(C#N)ccc1OCC(=O)NCC1CC(C(N)=O)=NO1. The first-order valence-corrected chi connectivity index (χ1v) is 7.03. The molecule has 2 amide bonds. The van der Waals surface area contributed by atoms with Gasteiger partial charge in [0, 0.05) is 12.5 Å². The number of hydrogen-bond acceptors (Lipinski definition) is 7. The molecule has 0 fully saturated rings. The lowest BCUT2D eigenvalue weighted by Crippen LogP contribution is -2.36. The van der Waals surface area contributed by atoms with E-state index in [1.807, 2.05) is 6.07 Å². The molecule has 24 heavy (non-hydrogen) atoms. The molecule has 0 aromatic heterocycles. The summed E-state index contributed by atoms with van der Waals surface area (Å²) in [6.45, 7) is -0.0640. The van der Waals surface area contributed by atoms with Crippen molar-refractivity contribution in [3.05, 3.63) is 23.8 Å². The minimum absolute atomic E-state index is 0.146. The number of rotatable bonds is 7. The summed E-state index contributed by atoms with van der Waals surface area (Å²) in [6, 6.07) is 6.61. The van der Waals surface area contributed by atoms with Gasteiger partial charge in [-0.1, -0.05) is 5.16 Å². The van der Waals surface area contributed by atoms with Crippen LogP contribution in [0.4, 0.5) is 0 Å². The number of nitriles is 1. The van der Waals surface area contributed by atoms with E-state index < -0.39 is 12.0 Å². The minimum atomic E-state index is -0.639. The van der Waals surface area contributed by atoms with E-state index in [9.17, 15) is 9.59 Å². The topological polar surface area (TPSA) is 136 Å². The van der Waals surface area contributed by atoms with Crippen molar-refractivity contribution in [2.24, 2.45) is 10.9 Å². The summed E-state index contributed by atoms with van der Waals surface area (Å²) < 4.78 is 10.5. The molecule has 0 radical (unpaired) electrons. The highest BCUT2D eigenvalue weighted by Crippen LogP contribution is 2.27. The summed E-state index contributed by atoms with van der Waals surface area (Å²) in [4.78, 5) is 27.7. The molecule has 0 bridgehead atoms. The maximum absolute atomic E-state index is 11.8.